The molecule has 0 unspecified atom stereocenters. The van der Waals surface area contributed by atoms with Crippen molar-refractivity contribution in [1.29, 1.82) is 0 Å². The summed E-state index contributed by atoms with van der Waals surface area (Å²) in [5.74, 6) is 0.320. The van der Waals surface area contributed by atoms with Crippen LogP contribution >= 0.6 is 23.4 Å². The average Bonchev–Trinajstić information content (AvgIpc) is 3.15. The van der Waals surface area contributed by atoms with Gasteiger partial charge in [-0.1, -0.05) is 23.4 Å². The summed E-state index contributed by atoms with van der Waals surface area (Å²) in [4.78, 5) is 34.5. The zero-order chi connectivity index (χ0) is 20.4. The van der Waals surface area contributed by atoms with Crippen LogP contribution < -0.4 is 4.90 Å². The Bertz CT molecular complexity index is 1050. The second-order valence-electron chi connectivity index (χ2n) is 6.63. The van der Waals surface area contributed by atoms with Gasteiger partial charge in [-0.05, 0) is 30.3 Å². The fourth-order valence-electron chi connectivity index (χ4n) is 3.24. The molecule has 1 aliphatic heterocycles. The highest BCUT2D eigenvalue weighted by atomic mass is 35.5. The van der Waals surface area contributed by atoms with Crippen LogP contribution in [0.2, 0.25) is 5.02 Å². The maximum absolute atomic E-state index is 12.6. The smallest absolute Gasteiger partial charge is 0.271 e. The van der Waals surface area contributed by atoms with Crippen molar-refractivity contribution in [3.63, 3.8) is 0 Å². The highest BCUT2D eigenvalue weighted by Gasteiger charge is 2.21. The maximum atomic E-state index is 12.6. The number of H-pyrrole nitrogens is 1. The Labute approximate surface area is 176 Å². The Morgan fingerprint density at radius 1 is 1.17 bits per heavy atom. The summed E-state index contributed by atoms with van der Waals surface area (Å²) in [6.45, 7) is 2.86. The molecule has 3 aromatic rings. The fraction of sp³-hybridized carbons (Fsp3) is 0.263. The minimum Gasteiger partial charge on any atom is -0.368 e. The number of nitrogens with zero attached hydrogens (tertiary/aromatic N) is 4. The van der Waals surface area contributed by atoms with Crippen LogP contribution in [0.4, 0.5) is 11.4 Å². The van der Waals surface area contributed by atoms with Gasteiger partial charge in [0.25, 0.3) is 5.69 Å². The van der Waals surface area contributed by atoms with E-state index in [1.54, 1.807) is 6.07 Å². The number of benzene rings is 2. The van der Waals surface area contributed by atoms with Gasteiger partial charge in [0.1, 0.15) is 0 Å². The van der Waals surface area contributed by atoms with Crippen molar-refractivity contribution >= 4 is 51.7 Å². The first-order valence-electron chi connectivity index (χ1n) is 9.05. The van der Waals surface area contributed by atoms with E-state index in [9.17, 15) is 14.9 Å². The number of hydrogen-bond acceptors (Lipinski definition) is 6. The Hall–Kier alpha value is -2.78. The van der Waals surface area contributed by atoms with Crippen molar-refractivity contribution in [2.24, 2.45) is 0 Å². The third-order valence-electron chi connectivity index (χ3n) is 4.81. The highest BCUT2D eigenvalue weighted by molar-refractivity contribution is 7.99. The molecular formula is C19H18ClN5O3S. The van der Waals surface area contributed by atoms with Crippen LogP contribution in [0, 0.1) is 10.1 Å². The molecule has 0 saturated carbocycles. The van der Waals surface area contributed by atoms with Crippen molar-refractivity contribution in [3.8, 4) is 0 Å². The lowest BCUT2D eigenvalue weighted by atomic mass is 10.2. The summed E-state index contributed by atoms with van der Waals surface area (Å²) in [7, 11) is 0. The third-order valence-corrected chi connectivity index (χ3v) is 5.92. The largest absolute Gasteiger partial charge is 0.368 e. The van der Waals surface area contributed by atoms with E-state index in [1.807, 2.05) is 29.2 Å². The lowest BCUT2D eigenvalue weighted by Gasteiger charge is -2.36. The lowest BCUT2D eigenvalue weighted by molar-refractivity contribution is -0.384. The number of nitro benzene ring substituents is 1. The minimum atomic E-state index is -0.444. The number of halogens is 1. The second kappa shape index (κ2) is 8.30. The van der Waals surface area contributed by atoms with Gasteiger partial charge >= 0.3 is 0 Å². The second-order valence-corrected chi connectivity index (χ2v) is 8.03. The molecule has 1 aliphatic rings. The summed E-state index contributed by atoms with van der Waals surface area (Å²) in [6.07, 6.45) is 0. The van der Waals surface area contributed by atoms with Crippen molar-refractivity contribution in [2.45, 2.75) is 5.16 Å². The molecule has 10 heteroatoms. The number of hydrogen-bond donors (Lipinski definition) is 1. The molecule has 0 atom stereocenters. The molecule has 8 nitrogen and oxygen atoms in total. The van der Waals surface area contributed by atoms with Gasteiger partial charge in [-0.2, -0.15) is 0 Å². The highest BCUT2D eigenvalue weighted by Crippen LogP contribution is 2.24. The minimum absolute atomic E-state index is 0.00679. The number of piperazine rings is 1. The molecule has 29 heavy (non-hydrogen) atoms. The summed E-state index contributed by atoms with van der Waals surface area (Å²) >= 11 is 7.24. The van der Waals surface area contributed by atoms with Crippen LogP contribution in [0.15, 0.2) is 47.6 Å². The van der Waals surface area contributed by atoms with Gasteiger partial charge in [0.15, 0.2) is 5.16 Å². The molecule has 1 amide bonds. The first-order chi connectivity index (χ1) is 14.0. The van der Waals surface area contributed by atoms with Crippen LogP contribution in [-0.2, 0) is 4.79 Å². The topological polar surface area (TPSA) is 95.4 Å². The number of rotatable bonds is 5. The van der Waals surface area contributed by atoms with Crippen molar-refractivity contribution < 1.29 is 9.72 Å². The Balaban J connectivity index is 1.31. The van der Waals surface area contributed by atoms with E-state index in [-0.39, 0.29) is 17.3 Å². The average molecular weight is 432 g/mol. The maximum Gasteiger partial charge on any atom is 0.271 e. The van der Waals surface area contributed by atoms with Gasteiger partial charge in [0.2, 0.25) is 5.91 Å². The fourth-order valence-corrected chi connectivity index (χ4v) is 4.16. The molecule has 2 heterocycles. The molecule has 0 spiro atoms. The molecule has 1 N–H and O–H groups in total. The molecule has 150 valence electrons. The summed E-state index contributed by atoms with van der Waals surface area (Å²) in [5, 5.41) is 12.2. The van der Waals surface area contributed by atoms with Gasteiger partial charge in [-0.3, -0.25) is 14.9 Å². The van der Waals surface area contributed by atoms with Crippen LogP contribution in [0.5, 0.6) is 0 Å². The van der Waals surface area contributed by atoms with Gasteiger partial charge < -0.3 is 14.8 Å². The van der Waals surface area contributed by atoms with E-state index in [4.69, 9.17) is 11.6 Å². The monoisotopic (exact) mass is 431 g/mol. The van der Waals surface area contributed by atoms with E-state index in [2.05, 4.69) is 14.9 Å². The molecule has 0 bridgehead atoms. The number of fused-ring (bicyclic) bond motifs is 1. The van der Waals surface area contributed by atoms with Crippen LogP contribution in [0.25, 0.3) is 11.0 Å². The number of carbonyl (C=O) groups excluding carboxylic acids is 1. The van der Waals surface area contributed by atoms with E-state index in [1.165, 1.54) is 23.9 Å². The summed E-state index contributed by atoms with van der Waals surface area (Å²) in [5.41, 5.74) is 2.34. The number of non-ortho nitro benzene ring substituents is 1. The first-order valence-corrected chi connectivity index (χ1v) is 10.4. The summed E-state index contributed by atoms with van der Waals surface area (Å²) in [6, 6.07) is 12.2. The van der Waals surface area contributed by atoms with Crippen LogP contribution in [0.1, 0.15) is 0 Å². The van der Waals surface area contributed by atoms with Crippen molar-refractivity contribution in [3.05, 3.63) is 57.6 Å². The molecule has 1 fully saturated rings. The number of amides is 1. The molecule has 1 saturated heterocycles. The number of aromatic nitrogens is 2. The van der Waals surface area contributed by atoms with E-state index < -0.39 is 4.92 Å². The van der Waals surface area contributed by atoms with Gasteiger partial charge in [0.05, 0.1) is 21.7 Å². The standard InChI is InChI=1S/C19H18ClN5O3S/c20-13-1-3-14(4-2-13)23-7-9-24(10-8-23)18(26)12-29-19-21-16-6-5-15(25(27)28)11-17(16)22-19/h1-6,11H,7-10,12H2,(H,21,22). The molecule has 4 rings (SSSR count). The Morgan fingerprint density at radius 2 is 1.90 bits per heavy atom. The van der Waals surface area contributed by atoms with E-state index in [0.29, 0.717) is 34.3 Å². The molecule has 0 aliphatic carbocycles. The van der Waals surface area contributed by atoms with Gasteiger partial charge in [-0.25, -0.2) is 4.98 Å². The van der Waals surface area contributed by atoms with Crippen LogP contribution in [0.3, 0.4) is 0 Å². The normalized spacial score (nSPS) is 14.4. The lowest BCUT2D eigenvalue weighted by Crippen LogP contribution is -2.49. The number of nitrogens with one attached hydrogen (secondary N) is 1. The number of carbonyl (C=O) groups is 1. The van der Waals surface area contributed by atoms with E-state index >= 15 is 0 Å². The van der Waals surface area contributed by atoms with Crippen molar-refractivity contribution in [2.75, 3.05) is 36.8 Å². The number of nitro groups is 1. The predicted octanol–water partition coefficient (Wildman–Crippen LogP) is 3.57. The van der Waals surface area contributed by atoms with E-state index in [0.717, 1.165) is 18.8 Å². The quantitative estimate of drug-likeness (QED) is 0.377. The molecular weight excluding hydrogens is 414 g/mol. The molecule has 1 aromatic heterocycles. The summed E-state index contributed by atoms with van der Waals surface area (Å²) < 4.78 is 0. The zero-order valence-electron chi connectivity index (χ0n) is 15.4. The number of aromatic amines is 1. The molecule has 2 aromatic carbocycles. The number of imidazole rings is 1. The molecule has 0 radical (unpaired) electrons. The first kappa shape index (κ1) is 19.5. The number of thioether (sulfide) groups is 1. The van der Waals surface area contributed by atoms with Crippen molar-refractivity contribution in [1.82, 2.24) is 14.9 Å². The SMILES string of the molecule is O=C(CSc1nc2ccc([N+](=O)[O-])cc2[nH]1)N1CCN(c2ccc(Cl)cc2)CC1. The zero-order valence-corrected chi connectivity index (χ0v) is 16.9. The van der Waals surface area contributed by atoms with Gasteiger partial charge in [0, 0.05) is 49.0 Å². The van der Waals surface area contributed by atoms with Crippen LogP contribution in [-0.4, -0.2) is 57.6 Å². The Morgan fingerprint density at radius 3 is 2.59 bits per heavy atom. The third kappa shape index (κ3) is 4.46. The number of anilines is 1. The van der Waals surface area contributed by atoms with Gasteiger partial charge in [-0.15, -0.1) is 0 Å². The Kier molecular flexibility index (Phi) is 5.59. The predicted molar refractivity (Wildman–Crippen MR) is 114 cm³/mol.